The molecular formula is C23H19ClN2O5. The van der Waals surface area contributed by atoms with Gasteiger partial charge in [0.1, 0.15) is 6.04 Å². The first kappa shape index (κ1) is 20.9. The van der Waals surface area contributed by atoms with Crippen molar-refractivity contribution in [1.82, 2.24) is 10.2 Å². The lowest BCUT2D eigenvalue weighted by atomic mass is 9.99. The molecule has 2 aromatic carbocycles. The van der Waals surface area contributed by atoms with E-state index < -0.39 is 23.5 Å². The van der Waals surface area contributed by atoms with E-state index in [9.17, 15) is 24.0 Å². The van der Waals surface area contributed by atoms with Gasteiger partial charge in [-0.25, -0.2) is 0 Å². The molecule has 0 bridgehead atoms. The van der Waals surface area contributed by atoms with Crippen LogP contribution in [-0.2, 0) is 27.3 Å². The van der Waals surface area contributed by atoms with E-state index in [1.165, 1.54) is 11.0 Å². The molecule has 158 valence electrons. The van der Waals surface area contributed by atoms with Crippen molar-refractivity contribution < 1.29 is 24.0 Å². The molecular weight excluding hydrogens is 420 g/mol. The van der Waals surface area contributed by atoms with E-state index in [4.69, 9.17) is 11.6 Å². The fraction of sp³-hybridized carbons (Fsp3) is 0.261. The molecule has 2 aliphatic rings. The molecule has 2 aliphatic heterocycles. The van der Waals surface area contributed by atoms with Gasteiger partial charge in [-0.15, -0.1) is 0 Å². The standard InChI is InChI=1S/C23H19ClN2O5/c24-16-3-1-2-14(11-16)21(29)19(27)8-5-13-4-6-17-15(10-13)12-26(23(17)31)18-7-9-20(28)25-22(18)30/h1-4,6,10-11,18H,5,7-9,12H2,(H,25,28,30). The van der Waals surface area contributed by atoms with Gasteiger partial charge in [-0.1, -0.05) is 35.9 Å². The van der Waals surface area contributed by atoms with Gasteiger partial charge in [0.25, 0.3) is 5.91 Å². The smallest absolute Gasteiger partial charge is 0.255 e. The highest BCUT2D eigenvalue weighted by atomic mass is 35.5. The number of hydrogen-bond acceptors (Lipinski definition) is 5. The summed E-state index contributed by atoms with van der Waals surface area (Å²) in [6.07, 6.45) is 0.891. The molecule has 1 N–H and O–H groups in total. The fourth-order valence-electron chi connectivity index (χ4n) is 3.95. The van der Waals surface area contributed by atoms with Crippen LogP contribution in [0.3, 0.4) is 0 Å². The number of rotatable bonds is 6. The molecule has 0 saturated carbocycles. The zero-order valence-corrected chi connectivity index (χ0v) is 17.3. The second kappa shape index (κ2) is 8.43. The first-order valence-electron chi connectivity index (χ1n) is 9.93. The first-order chi connectivity index (χ1) is 14.8. The maximum Gasteiger partial charge on any atom is 0.255 e. The SMILES string of the molecule is O=C1CCC(N2Cc3cc(CCC(=O)C(=O)c4cccc(Cl)c4)ccc3C2=O)C(=O)N1. The summed E-state index contributed by atoms with van der Waals surface area (Å²) >= 11 is 5.88. The molecule has 8 heteroatoms. The Labute approximate surface area is 183 Å². The van der Waals surface area contributed by atoms with Gasteiger partial charge < -0.3 is 4.90 Å². The predicted octanol–water partition coefficient (Wildman–Crippen LogP) is 2.49. The third kappa shape index (κ3) is 4.27. The van der Waals surface area contributed by atoms with Crippen LogP contribution in [0.2, 0.25) is 5.02 Å². The second-order valence-corrected chi connectivity index (χ2v) is 8.09. The molecule has 0 aliphatic carbocycles. The minimum Gasteiger partial charge on any atom is -0.322 e. The number of carbonyl (C=O) groups is 5. The Hall–Kier alpha value is -3.32. The van der Waals surface area contributed by atoms with E-state index in [1.807, 2.05) is 6.07 Å². The van der Waals surface area contributed by atoms with Crippen molar-refractivity contribution in [3.63, 3.8) is 0 Å². The molecule has 31 heavy (non-hydrogen) atoms. The Kier molecular flexibility index (Phi) is 5.69. The van der Waals surface area contributed by atoms with Crippen molar-refractivity contribution in [2.24, 2.45) is 0 Å². The molecule has 3 amide bonds. The van der Waals surface area contributed by atoms with E-state index in [0.29, 0.717) is 23.4 Å². The summed E-state index contributed by atoms with van der Waals surface area (Å²) in [7, 11) is 0. The van der Waals surface area contributed by atoms with E-state index in [1.54, 1.807) is 30.3 Å². The number of ketones is 2. The molecule has 1 saturated heterocycles. The van der Waals surface area contributed by atoms with Gasteiger partial charge in [-0.05, 0) is 42.2 Å². The highest BCUT2D eigenvalue weighted by molar-refractivity contribution is 6.44. The van der Waals surface area contributed by atoms with Crippen molar-refractivity contribution >= 4 is 40.9 Å². The van der Waals surface area contributed by atoms with Crippen molar-refractivity contribution in [3.8, 4) is 0 Å². The van der Waals surface area contributed by atoms with Gasteiger partial charge in [0.15, 0.2) is 0 Å². The van der Waals surface area contributed by atoms with Crippen molar-refractivity contribution in [1.29, 1.82) is 0 Å². The van der Waals surface area contributed by atoms with Crippen LogP contribution in [0.1, 0.15) is 51.1 Å². The molecule has 0 aromatic heterocycles. The van der Waals surface area contributed by atoms with E-state index in [-0.39, 0.29) is 36.8 Å². The molecule has 2 aromatic rings. The fourth-order valence-corrected chi connectivity index (χ4v) is 4.14. The van der Waals surface area contributed by atoms with Gasteiger partial charge >= 0.3 is 0 Å². The number of halogens is 1. The van der Waals surface area contributed by atoms with Crippen LogP contribution in [0.15, 0.2) is 42.5 Å². The van der Waals surface area contributed by atoms with Gasteiger partial charge in [0.05, 0.1) is 0 Å². The van der Waals surface area contributed by atoms with Crippen LogP contribution in [-0.4, -0.2) is 40.2 Å². The van der Waals surface area contributed by atoms with Gasteiger partial charge in [0.2, 0.25) is 23.4 Å². The van der Waals surface area contributed by atoms with Crippen LogP contribution < -0.4 is 5.32 Å². The summed E-state index contributed by atoms with van der Waals surface area (Å²) in [5.41, 5.74) is 2.36. The summed E-state index contributed by atoms with van der Waals surface area (Å²) in [6, 6.07) is 10.9. The maximum atomic E-state index is 12.7. The minimum atomic E-state index is -0.669. The Morgan fingerprint density at radius 3 is 2.65 bits per heavy atom. The highest BCUT2D eigenvalue weighted by Crippen LogP contribution is 2.28. The van der Waals surface area contributed by atoms with Crippen LogP contribution in [0.25, 0.3) is 0 Å². The number of Topliss-reactive ketones (excluding diaryl/α,β-unsaturated/α-hetero) is 2. The lowest BCUT2D eigenvalue weighted by Gasteiger charge is -2.29. The minimum absolute atomic E-state index is 0.0366. The Morgan fingerprint density at radius 2 is 1.90 bits per heavy atom. The largest absolute Gasteiger partial charge is 0.322 e. The van der Waals surface area contributed by atoms with Gasteiger partial charge in [-0.3, -0.25) is 29.3 Å². The van der Waals surface area contributed by atoms with Gasteiger partial charge in [-0.2, -0.15) is 0 Å². The van der Waals surface area contributed by atoms with Crippen molar-refractivity contribution in [3.05, 3.63) is 69.7 Å². The topological polar surface area (TPSA) is 101 Å². The van der Waals surface area contributed by atoms with Crippen LogP contribution >= 0.6 is 11.6 Å². The summed E-state index contributed by atoms with van der Waals surface area (Å²) in [5.74, 6) is -2.12. The number of imide groups is 1. The van der Waals surface area contributed by atoms with E-state index in [2.05, 4.69) is 5.32 Å². The average molecular weight is 439 g/mol. The van der Waals surface area contributed by atoms with Crippen LogP contribution in [0.5, 0.6) is 0 Å². The van der Waals surface area contributed by atoms with E-state index in [0.717, 1.165) is 11.1 Å². The normalized spacial score (nSPS) is 18.0. The lowest BCUT2D eigenvalue weighted by molar-refractivity contribution is -0.136. The quantitative estimate of drug-likeness (QED) is 0.424. The number of hydrogen-bond donors (Lipinski definition) is 1. The average Bonchev–Trinajstić information content (AvgIpc) is 3.07. The summed E-state index contributed by atoms with van der Waals surface area (Å²) in [4.78, 5) is 62.3. The van der Waals surface area contributed by atoms with Crippen LogP contribution in [0, 0.1) is 0 Å². The van der Waals surface area contributed by atoms with Crippen molar-refractivity contribution in [2.45, 2.75) is 38.3 Å². The Balaban J connectivity index is 1.41. The lowest BCUT2D eigenvalue weighted by Crippen LogP contribution is -2.52. The molecule has 1 unspecified atom stereocenters. The highest BCUT2D eigenvalue weighted by Gasteiger charge is 2.39. The number of piperidine rings is 1. The van der Waals surface area contributed by atoms with E-state index >= 15 is 0 Å². The molecule has 7 nitrogen and oxygen atoms in total. The summed E-state index contributed by atoms with van der Waals surface area (Å²) in [5, 5.41) is 2.67. The molecule has 0 spiro atoms. The predicted molar refractivity (Wildman–Crippen MR) is 112 cm³/mol. The number of nitrogens with one attached hydrogen (secondary N) is 1. The Morgan fingerprint density at radius 1 is 1.10 bits per heavy atom. The summed E-state index contributed by atoms with van der Waals surface area (Å²) in [6.45, 7) is 0.268. The monoisotopic (exact) mass is 438 g/mol. The molecule has 1 fully saturated rings. The summed E-state index contributed by atoms with van der Waals surface area (Å²) < 4.78 is 0. The van der Waals surface area contributed by atoms with Crippen molar-refractivity contribution in [2.75, 3.05) is 0 Å². The zero-order valence-electron chi connectivity index (χ0n) is 16.5. The zero-order chi connectivity index (χ0) is 22.1. The number of benzene rings is 2. The maximum absolute atomic E-state index is 12.7. The number of carbonyl (C=O) groups excluding carboxylic acids is 5. The number of aryl methyl sites for hydroxylation is 1. The third-order valence-electron chi connectivity index (χ3n) is 5.57. The number of amides is 3. The molecule has 0 radical (unpaired) electrons. The first-order valence-corrected chi connectivity index (χ1v) is 10.3. The van der Waals surface area contributed by atoms with Crippen LogP contribution in [0.4, 0.5) is 0 Å². The molecule has 2 heterocycles. The number of nitrogens with zero attached hydrogens (tertiary/aromatic N) is 1. The second-order valence-electron chi connectivity index (χ2n) is 7.65. The third-order valence-corrected chi connectivity index (χ3v) is 5.80. The Bertz CT molecular complexity index is 1130. The van der Waals surface area contributed by atoms with Gasteiger partial charge in [0, 0.05) is 35.5 Å². The molecule has 4 rings (SSSR count). The number of fused-ring (bicyclic) bond motifs is 1. The molecule has 1 atom stereocenters.